The van der Waals surface area contributed by atoms with Gasteiger partial charge in [0.2, 0.25) is 11.9 Å². The molecule has 0 fully saturated rings. The van der Waals surface area contributed by atoms with Crippen LogP contribution >= 0.6 is 0 Å². The van der Waals surface area contributed by atoms with Gasteiger partial charge in [-0.1, -0.05) is 54.6 Å². The molecule has 9 rings (SSSR count). The minimum Gasteiger partial charge on any atom is -0.456 e. The highest BCUT2D eigenvalue weighted by atomic mass is 16.5. The number of nitrogens with two attached hydrogens (primary N) is 2. The van der Waals surface area contributed by atoms with Crippen LogP contribution in [0, 0.1) is 22.7 Å². The third kappa shape index (κ3) is 7.04. The lowest BCUT2D eigenvalue weighted by molar-refractivity contribution is 0.210. The molecule has 17 nitrogen and oxygen atoms in total. The third-order valence-corrected chi connectivity index (χ3v) is 9.48. The van der Waals surface area contributed by atoms with Gasteiger partial charge in [0.05, 0.1) is 51.6 Å². The third-order valence-electron chi connectivity index (χ3n) is 9.48. The number of ether oxygens (including phenoxy) is 1. The van der Waals surface area contributed by atoms with Crippen LogP contribution in [0.3, 0.4) is 0 Å². The van der Waals surface area contributed by atoms with Crippen LogP contribution in [0.15, 0.2) is 116 Å². The summed E-state index contributed by atoms with van der Waals surface area (Å²) in [5.41, 5.74) is 20.8. The molecule has 0 aliphatic rings. The molecule has 0 bridgehead atoms. The first-order valence-electron chi connectivity index (χ1n) is 18.0. The predicted octanol–water partition coefficient (Wildman–Crippen LogP) is 4.91. The van der Waals surface area contributed by atoms with E-state index < -0.39 is 6.10 Å². The van der Waals surface area contributed by atoms with Gasteiger partial charge < -0.3 is 21.3 Å². The lowest BCUT2D eigenvalue weighted by Crippen LogP contribution is -2.07. The van der Waals surface area contributed by atoms with Gasteiger partial charge in [-0.2, -0.15) is 24.5 Å². The maximum atomic E-state index is 11.5. The van der Waals surface area contributed by atoms with E-state index in [1.165, 1.54) is 15.4 Å². The van der Waals surface area contributed by atoms with Crippen molar-refractivity contribution in [1.29, 1.82) is 10.5 Å². The summed E-state index contributed by atoms with van der Waals surface area (Å²) < 4.78 is 8.89. The van der Waals surface area contributed by atoms with Crippen LogP contribution in [-0.4, -0.2) is 59.2 Å². The fourth-order valence-corrected chi connectivity index (χ4v) is 6.70. The highest BCUT2D eigenvalue weighted by molar-refractivity contribution is 5.89. The molecule has 5 N–H and O–H groups in total. The van der Waals surface area contributed by atoms with Crippen molar-refractivity contribution in [3.63, 3.8) is 0 Å². The minimum atomic E-state index is -1.16. The number of nitrogens with zero attached hydrogens (tertiary/aromatic N) is 13. The number of hydrogen-bond acceptors (Lipinski definition) is 15. The number of hydrogen-bond donors (Lipinski definition) is 3. The van der Waals surface area contributed by atoms with Crippen LogP contribution in [0.2, 0.25) is 0 Å². The molecule has 1 atom stereocenters. The Morgan fingerprint density at radius 3 is 2.31 bits per heavy atom. The summed E-state index contributed by atoms with van der Waals surface area (Å²) in [4.78, 5) is 31.5. The molecule has 0 amide bonds. The Hall–Kier alpha value is -8.67. The molecule has 0 saturated heterocycles. The van der Waals surface area contributed by atoms with Gasteiger partial charge >= 0.3 is 6.01 Å². The van der Waals surface area contributed by atoms with Gasteiger partial charge in [-0.3, -0.25) is 4.98 Å². The molecule has 0 spiro atoms. The standard InChI is InChI=1S/C42H29N15O2/c43-20-25-6-2-8-27(17-25)32-19-34-51-38(54-56(34)40(45)50-32)37(58)30-10-1-5-24(16-30)15-28-11-4-13-48-33(28)22-59-42-53-39-35(31-12-14-47-23-49-31)36(52-41(46)57(39)55-42)29-9-3-7-26(18-29)21-44/h1-14,16-19,23,37,58H,15,22H2,(H2,45,50)(H2,46,52). The lowest BCUT2D eigenvalue weighted by atomic mass is 9.99. The van der Waals surface area contributed by atoms with Crippen molar-refractivity contribution in [3.05, 3.63) is 155 Å². The van der Waals surface area contributed by atoms with E-state index in [4.69, 9.17) is 21.2 Å². The van der Waals surface area contributed by atoms with Crippen molar-refractivity contribution in [3.8, 4) is 51.9 Å². The second-order valence-corrected chi connectivity index (χ2v) is 13.3. The number of fused-ring (bicyclic) bond motifs is 2. The number of nitriles is 2. The average Bonchev–Trinajstić information content (AvgIpc) is 3.92. The molecule has 0 aliphatic carbocycles. The lowest BCUT2D eigenvalue weighted by Gasteiger charge is -2.11. The van der Waals surface area contributed by atoms with E-state index in [0.29, 0.717) is 73.9 Å². The van der Waals surface area contributed by atoms with Gasteiger partial charge in [-0.05, 0) is 59.5 Å². The Morgan fingerprint density at radius 2 is 1.51 bits per heavy atom. The van der Waals surface area contributed by atoms with E-state index in [9.17, 15) is 15.6 Å². The van der Waals surface area contributed by atoms with Gasteiger partial charge in [0.1, 0.15) is 19.0 Å². The predicted molar refractivity (Wildman–Crippen MR) is 214 cm³/mol. The van der Waals surface area contributed by atoms with Crippen molar-refractivity contribution in [2.24, 2.45) is 0 Å². The quantitative estimate of drug-likeness (QED) is 0.167. The zero-order chi connectivity index (χ0) is 40.5. The molecule has 0 radical (unpaired) electrons. The number of benzene rings is 3. The van der Waals surface area contributed by atoms with Crippen LogP contribution in [0.25, 0.3) is 45.1 Å². The zero-order valence-corrected chi connectivity index (χ0v) is 30.8. The number of nitrogen functional groups attached to an aromatic ring is 2. The van der Waals surface area contributed by atoms with Crippen molar-refractivity contribution in [1.82, 2.24) is 54.1 Å². The second kappa shape index (κ2) is 15.1. The van der Waals surface area contributed by atoms with Crippen molar-refractivity contribution < 1.29 is 9.84 Å². The Kier molecular flexibility index (Phi) is 9.22. The van der Waals surface area contributed by atoms with Gasteiger partial charge in [-0.25, -0.2) is 24.9 Å². The number of pyridine rings is 1. The molecule has 1 unspecified atom stereocenters. The van der Waals surface area contributed by atoms with Crippen molar-refractivity contribution in [2.45, 2.75) is 19.1 Å². The highest BCUT2D eigenvalue weighted by Crippen LogP contribution is 2.35. The summed E-state index contributed by atoms with van der Waals surface area (Å²) >= 11 is 0. The summed E-state index contributed by atoms with van der Waals surface area (Å²) in [5.74, 6) is 0.294. The summed E-state index contributed by atoms with van der Waals surface area (Å²) in [6, 6.07) is 33.1. The first kappa shape index (κ1) is 36.0. The van der Waals surface area contributed by atoms with Crippen LogP contribution < -0.4 is 16.2 Å². The molecular weight excluding hydrogens is 747 g/mol. The van der Waals surface area contributed by atoms with Crippen LogP contribution in [0.5, 0.6) is 6.01 Å². The maximum absolute atomic E-state index is 11.5. The van der Waals surface area contributed by atoms with E-state index in [-0.39, 0.29) is 30.3 Å². The first-order chi connectivity index (χ1) is 28.8. The number of anilines is 2. The smallest absolute Gasteiger partial charge is 0.336 e. The Bertz CT molecular complexity index is 3130. The molecule has 6 heterocycles. The van der Waals surface area contributed by atoms with Crippen LogP contribution in [0.4, 0.5) is 11.9 Å². The van der Waals surface area contributed by atoms with E-state index >= 15 is 0 Å². The molecule has 6 aromatic heterocycles. The second-order valence-electron chi connectivity index (χ2n) is 13.3. The monoisotopic (exact) mass is 775 g/mol. The van der Waals surface area contributed by atoms with Gasteiger partial charge in [0.15, 0.2) is 17.1 Å². The van der Waals surface area contributed by atoms with E-state index in [2.05, 4.69) is 52.2 Å². The zero-order valence-electron chi connectivity index (χ0n) is 30.8. The maximum Gasteiger partial charge on any atom is 0.336 e. The normalized spacial score (nSPS) is 11.6. The molecule has 284 valence electrons. The molecule has 0 aliphatic heterocycles. The molecule has 17 heteroatoms. The fourth-order valence-electron chi connectivity index (χ4n) is 6.70. The van der Waals surface area contributed by atoms with Crippen molar-refractivity contribution >= 4 is 23.2 Å². The molecule has 3 aromatic carbocycles. The summed E-state index contributed by atoms with van der Waals surface area (Å²) in [7, 11) is 0. The summed E-state index contributed by atoms with van der Waals surface area (Å²) in [6.45, 7) is 0.0338. The Morgan fingerprint density at radius 1 is 0.729 bits per heavy atom. The van der Waals surface area contributed by atoms with Crippen LogP contribution in [-0.2, 0) is 13.0 Å². The molecule has 59 heavy (non-hydrogen) atoms. The summed E-state index contributed by atoms with van der Waals surface area (Å²) in [5, 5.41) is 39.3. The number of rotatable bonds is 10. The van der Waals surface area contributed by atoms with Gasteiger partial charge in [0.25, 0.3) is 0 Å². The number of aromatic nitrogens is 11. The van der Waals surface area contributed by atoms with E-state index in [1.807, 2.05) is 42.5 Å². The number of aliphatic hydroxyl groups excluding tert-OH is 1. The largest absolute Gasteiger partial charge is 0.456 e. The number of aliphatic hydroxyl groups is 1. The fraction of sp³-hybridized carbons (Fsp3) is 0.0714. The first-order valence-corrected chi connectivity index (χ1v) is 18.0. The summed E-state index contributed by atoms with van der Waals surface area (Å²) in [6.07, 6.45) is 4.01. The Balaban J connectivity index is 0.967. The minimum absolute atomic E-state index is 0.0338. The van der Waals surface area contributed by atoms with Gasteiger partial charge in [-0.15, -0.1) is 10.2 Å². The van der Waals surface area contributed by atoms with Gasteiger partial charge in [0, 0.05) is 29.6 Å². The molecule has 0 saturated carbocycles. The molecule has 9 aromatic rings. The SMILES string of the molecule is N#Cc1cccc(-c2cc3nc(C(O)c4cccc(Cc5cccnc5COc5nc6c(-c7ccncn7)c(-c7cccc(C#N)c7)nc(N)n6n5)c4)nn3c(N)n2)c1. The van der Waals surface area contributed by atoms with E-state index in [0.717, 1.165) is 11.1 Å². The van der Waals surface area contributed by atoms with E-state index in [1.54, 1.807) is 67.0 Å². The topological polar surface area (TPSA) is 254 Å². The van der Waals surface area contributed by atoms with Crippen molar-refractivity contribution in [2.75, 3.05) is 11.5 Å². The molecular formula is C42H29N15O2. The van der Waals surface area contributed by atoms with Crippen LogP contribution in [0.1, 0.15) is 45.4 Å². The Labute approximate surface area is 334 Å². The average molecular weight is 776 g/mol. The highest BCUT2D eigenvalue weighted by Gasteiger charge is 2.23.